The number of hydrogen-bond donors (Lipinski definition) is 2. The van der Waals surface area contributed by atoms with Gasteiger partial charge >= 0.3 is 0 Å². The highest BCUT2D eigenvalue weighted by Crippen LogP contribution is 2.15. The van der Waals surface area contributed by atoms with Crippen LogP contribution in [0.5, 0.6) is 5.75 Å². The van der Waals surface area contributed by atoms with E-state index in [4.69, 9.17) is 4.74 Å². The van der Waals surface area contributed by atoms with E-state index in [-0.39, 0.29) is 24.9 Å². The summed E-state index contributed by atoms with van der Waals surface area (Å²) in [6.45, 7) is 3.72. The summed E-state index contributed by atoms with van der Waals surface area (Å²) in [5, 5.41) is 2.87. The highest BCUT2D eigenvalue weighted by molar-refractivity contribution is 5.91. The van der Waals surface area contributed by atoms with E-state index in [1.54, 1.807) is 43.3 Å². The van der Waals surface area contributed by atoms with Gasteiger partial charge in [0.1, 0.15) is 5.75 Å². The molecular weight excluding hydrogens is 380 g/mol. The second kappa shape index (κ2) is 11.2. The molecule has 0 spiro atoms. The maximum Gasteiger partial charge on any atom is 0.279 e. The molecule has 0 saturated carbocycles. The number of anilines is 2. The van der Waals surface area contributed by atoms with Crippen molar-refractivity contribution in [1.82, 2.24) is 4.90 Å². The van der Waals surface area contributed by atoms with E-state index in [2.05, 4.69) is 5.32 Å². The van der Waals surface area contributed by atoms with Gasteiger partial charge in [0.15, 0.2) is 13.1 Å². The molecule has 7 heteroatoms. The molecule has 0 aliphatic rings. The van der Waals surface area contributed by atoms with Gasteiger partial charge in [-0.3, -0.25) is 9.59 Å². The second-order valence-electron chi connectivity index (χ2n) is 7.54. The number of carbonyl (C=O) groups excluding carboxylic acids is 2. The third-order valence-corrected chi connectivity index (χ3v) is 4.98. The molecule has 2 aromatic rings. The summed E-state index contributed by atoms with van der Waals surface area (Å²) in [4.78, 5) is 29.7. The summed E-state index contributed by atoms with van der Waals surface area (Å²) in [5.74, 6) is 0.631. The number of benzene rings is 2. The summed E-state index contributed by atoms with van der Waals surface area (Å²) in [6, 6.07) is 15.3. The van der Waals surface area contributed by atoms with Crippen molar-refractivity contribution in [1.29, 1.82) is 0 Å². The van der Waals surface area contributed by atoms with Gasteiger partial charge in [-0.25, -0.2) is 0 Å². The molecule has 1 atom stereocenters. The van der Waals surface area contributed by atoms with Crippen LogP contribution in [0.25, 0.3) is 0 Å². The Labute approximate surface area is 179 Å². The van der Waals surface area contributed by atoms with E-state index in [0.717, 1.165) is 21.9 Å². The van der Waals surface area contributed by atoms with Crippen LogP contribution in [0.3, 0.4) is 0 Å². The van der Waals surface area contributed by atoms with Gasteiger partial charge in [-0.2, -0.15) is 0 Å². The molecule has 0 aliphatic heterocycles. The van der Waals surface area contributed by atoms with Crippen molar-refractivity contribution in [3.8, 4) is 5.75 Å². The highest BCUT2D eigenvalue weighted by Gasteiger charge is 2.19. The molecule has 0 radical (unpaired) electrons. The highest BCUT2D eigenvalue weighted by atomic mass is 16.5. The van der Waals surface area contributed by atoms with Crippen molar-refractivity contribution in [2.75, 3.05) is 58.1 Å². The van der Waals surface area contributed by atoms with Crippen LogP contribution in [-0.4, -0.2) is 64.6 Å². The fourth-order valence-electron chi connectivity index (χ4n) is 3.03. The first kappa shape index (κ1) is 23.2. The third-order valence-electron chi connectivity index (χ3n) is 4.98. The van der Waals surface area contributed by atoms with E-state index in [0.29, 0.717) is 18.8 Å². The standard InChI is InChI=1S/C23H32N4O3/c1-6-27(16-22(28)24-19-9-13-21(30-5)14-10-19)17-23(29)26(4)15-18-7-11-20(12-8-18)25(2)3/h7-14H,6,15-17H2,1-5H3,(H,24,28)/p+1. The zero-order valence-electron chi connectivity index (χ0n) is 18.6. The Morgan fingerprint density at radius 2 is 1.60 bits per heavy atom. The van der Waals surface area contributed by atoms with E-state index in [1.165, 1.54) is 0 Å². The van der Waals surface area contributed by atoms with Gasteiger partial charge in [-0.1, -0.05) is 12.1 Å². The number of quaternary nitrogens is 1. The zero-order chi connectivity index (χ0) is 22.1. The van der Waals surface area contributed by atoms with Crippen LogP contribution in [0.2, 0.25) is 0 Å². The van der Waals surface area contributed by atoms with Gasteiger partial charge in [0.2, 0.25) is 0 Å². The van der Waals surface area contributed by atoms with E-state index < -0.39 is 0 Å². The van der Waals surface area contributed by atoms with Crippen molar-refractivity contribution < 1.29 is 19.2 Å². The number of nitrogens with zero attached hydrogens (tertiary/aromatic N) is 2. The van der Waals surface area contributed by atoms with Crippen LogP contribution < -0.4 is 19.9 Å². The average Bonchev–Trinajstić information content (AvgIpc) is 2.74. The number of likely N-dealkylation sites (N-methyl/N-ethyl adjacent to an activating group) is 2. The van der Waals surface area contributed by atoms with Crippen LogP contribution >= 0.6 is 0 Å². The quantitative estimate of drug-likeness (QED) is 0.616. The predicted molar refractivity (Wildman–Crippen MR) is 120 cm³/mol. The molecule has 2 N–H and O–H groups in total. The first-order chi connectivity index (χ1) is 14.3. The Kier molecular flexibility index (Phi) is 8.68. The van der Waals surface area contributed by atoms with E-state index in [1.807, 2.05) is 50.2 Å². The number of rotatable bonds is 10. The summed E-state index contributed by atoms with van der Waals surface area (Å²) in [6.07, 6.45) is 0. The Morgan fingerprint density at radius 3 is 2.13 bits per heavy atom. The monoisotopic (exact) mass is 413 g/mol. The van der Waals surface area contributed by atoms with E-state index in [9.17, 15) is 9.59 Å². The number of nitrogens with one attached hydrogen (secondary N) is 2. The zero-order valence-corrected chi connectivity index (χ0v) is 18.6. The van der Waals surface area contributed by atoms with Gasteiger partial charge in [-0.05, 0) is 48.9 Å². The van der Waals surface area contributed by atoms with E-state index >= 15 is 0 Å². The molecule has 1 unspecified atom stereocenters. The number of amides is 2. The maximum absolute atomic E-state index is 12.7. The Hall–Kier alpha value is -3.06. The lowest BCUT2D eigenvalue weighted by Crippen LogP contribution is -3.13. The average molecular weight is 414 g/mol. The molecule has 7 nitrogen and oxygen atoms in total. The summed E-state index contributed by atoms with van der Waals surface area (Å²) >= 11 is 0. The van der Waals surface area contributed by atoms with Gasteiger partial charge in [0, 0.05) is 39.1 Å². The first-order valence-electron chi connectivity index (χ1n) is 10.1. The molecule has 0 heterocycles. The van der Waals surface area contributed by atoms with Crippen molar-refractivity contribution in [2.24, 2.45) is 0 Å². The van der Waals surface area contributed by atoms with Gasteiger partial charge < -0.3 is 24.8 Å². The first-order valence-corrected chi connectivity index (χ1v) is 10.1. The lowest BCUT2D eigenvalue weighted by Gasteiger charge is -2.22. The molecule has 0 bridgehead atoms. The molecular formula is C23H33N4O3+. The van der Waals surface area contributed by atoms with Crippen LogP contribution in [0.1, 0.15) is 12.5 Å². The van der Waals surface area contributed by atoms with Crippen LogP contribution in [0, 0.1) is 0 Å². The van der Waals surface area contributed by atoms with Crippen molar-refractivity contribution in [3.63, 3.8) is 0 Å². The number of carbonyl (C=O) groups is 2. The molecule has 2 aromatic carbocycles. The summed E-state index contributed by atoms with van der Waals surface area (Å²) in [7, 11) is 7.39. The molecule has 162 valence electrons. The summed E-state index contributed by atoms with van der Waals surface area (Å²) in [5.41, 5.74) is 2.91. The van der Waals surface area contributed by atoms with Crippen LogP contribution in [0.15, 0.2) is 48.5 Å². The lowest BCUT2D eigenvalue weighted by atomic mass is 10.2. The van der Waals surface area contributed by atoms with Crippen molar-refractivity contribution >= 4 is 23.2 Å². The van der Waals surface area contributed by atoms with Crippen LogP contribution in [0.4, 0.5) is 11.4 Å². The topological polar surface area (TPSA) is 66.3 Å². The maximum atomic E-state index is 12.7. The van der Waals surface area contributed by atoms with Crippen LogP contribution in [-0.2, 0) is 16.1 Å². The molecule has 30 heavy (non-hydrogen) atoms. The SMILES string of the molecule is CC[NH+](CC(=O)Nc1ccc(OC)cc1)CC(=O)N(C)Cc1ccc(N(C)C)cc1. The Balaban J connectivity index is 1.85. The van der Waals surface area contributed by atoms with Gasteiger partial charge in [0.05, 0.1) is 13.7 Å². The number of ether oxygens (including phenoxy) is 1. The largest absolute Gasteiger partial charge is 0.497 e. The van der Waals surface area contributed by atoms with Gasteiger partial charge in [-0.15, -0.1) is 0 Å². The smallest absolute Gasteiger partial charge is 0.279 e. The predicted octanol–water partition coefficient (Wildman–Crippen LogP) is 1.26. The Bertz CT molecular complexity index is 819. The molecule has 2 rings (SSSR count). The minimum atomic E-state index is -0.119. The fourth-order valence-corrected chi connectivity index (χ4v) is 3.03. The van der Waals surface area contributed by atoms with Crippen molar-refractivity contribution in [2.45, 2.75) is 13.5 Å². The fraction of sp³-hybridized carbons (Fsp3) is 0.391. The third kappa shape index (κ3) is 7.08. The van der Waals surface area contributed by atoms with Crippen molar-refractivity contribution in [3.05, 3.63) is 54.1 Å². The molecule has 0 aliphatic carbocycles. The second-order valence-corrected chi connectivity index (χ2v) is 7.54. The normalized spacial score (nSPS) is 11.5. The lowest BCUT2D eigenvalue weighted by molar-refractivity contribution is -0.882. The minimum absolute atomic E-state index is 0.0146. The molecule has 0 aromatic heterocycles. The molecule has 0 fully saturated rings. The Morgan fingerprint density at radius 1 is 0.967 bits per heavy atom. The minimum Gasteiger partial charge on any atom is -0.497 e. The molecule has 2 amide bonds. The number of hydrogen-bond acceptors (Lipinski definition) is 4. The molecule has 0 saturated heterocycles. The van der Waals surface area contributed by atoms with Gasteiger partial charge in [0.25, 0.3) is 11.8 Å². The summed E-state index contributed by atoms with van der Waals surface area (Å²) < 4.78 is 5.12. The number of methoxy groups -OCH3 is 1.